The summed E-state index contributed by atoms with van der Waals surface area (Å²) in [6.07, 6.45) is 2.24. The normalized spacial score (nSPS) is 15.5. The summed E-state index contributed by atoms with van der Waals surface area (Å²) < 4.78 is 1.52. The van der Waals surface area contributed by atoms with Gasteiger partial charge in [-0.3, -0.25) is 4.79 Å². The number of thioether (sulfide) groups is 1. The van der Waals surface area contributed by atoms with Crippen molar-refractivity contribution in [1.29, 1.82) is 0 Å². The zero-order valence-corrected chi connectivity index (χ0v) is 13.2. The van der Waals surface area contributed by atoms with E-state index in [1.165, 1.54) is 16.4 Å². The summed E-state index contributed by atoms with van der Waals surface area (Å²) in [6, 6.07) is 9.83. The molecule has 1 aromatic carbocycles. The second-order valence-corrected chi connectivity index (χ2v) is 6.76. The zero-order chi connectivity index (χ0) is 15.5. The Morgan fingerprint density at radius 2 is 2.14 bits per heavy atom. The highest BCUT2D eigenvalue weighted by Gasteiger charge is 2.30. The van der Waals surface area contributed by atoms with Gasteiger partial charge in [0.25, 0.3) is 0 Å². The van der Waals surface area contributed by atoms with Crippen molar-refractivity contribution in [3.63, 3.8) is 0 Å². The Morgan fingerprint density at radius 3 is 2.82 bits per heavy atom. The average molecular weight is 317 g/mol. The molecule has 22 heavy (non-hydrogen) atoms. The molecule has 6 nitrogen and oxygen atoms in total. The van der Waals surface area contributed by atoms with Crippen molar-refractivity contribution in [2.45, 2.75) is 42.6 Å². The smallest absolute Gasteiger partial charge is 0.233 e. The summed E-state index contributed by atoms with van der Waals surface area (Å²) in [4.78, 5) is 12.2. The van der Waals surface area contributed by atoms with Crippen molar-refractivity contribution in [1.82, 2.24) is 20.2 Å². The molecular formula is C15H19N5OS. The first kappa shape index (κ1) is 14.9. The number of carbonyl (C=O) groups is 1. The number of nitrogen functional groups attached to an aromatic ring is 1. The number of amides is 1. The SMILES string of the molecule is C[C@@H](Sc1nnc(C2CC2)n1N)C(=O)NCc1ccccc1. The van der Waals surface area contributed by atoms with E-state index >= 15 is 0 Å². The number of carbonyl (C=O) groups excluding carboxylic acids is 1. The molecule has 3 rings (SSSR count). The predicted molar refractivity (Wildman–Crippen MR) is 85.8 cm³/mol. The van der Waals surface area contributed by atoms with E-state index < -0.39 is 0 Å². The third kappa shape index (κ3) is 3.41. The molecule has 1 atom stereocenters. The summed E-state index contributed by atoms with van der Waals surface area (Å²) >= 11 is 1.33. The first-order chi connectivity index (χ1) is 10.6. The molecule has 0 radical (unpaired) electrons. The van der Waals surface area contributed by atoms with Crippen LogP contribution in [0.4, 0.5) is 0 Å². The number of nitrogens with two attached hydrogens (primary N) is 1. The van der Waals surface area contributed by atoms with Crippen LogP contribution < -0.4 is 11.2 Å². The van der Waals surface area contributed by atoms with E-state index in [2.05, 4.69) is 15.5 Å². The van der Waals surface area contributed by atoms with Gasteiger partial charge < -0.3 is 11.2 Å². The van der Waals surface area contributed by atoms with Gasteiger partial charge in [-0.05, 0) is 25.3 Å². The quantitative estimate of drug-likeness (QED) is 0.625. The van der Waals surface area contributed by atoms with Crippen LogP contribution in [-0.2, 0) is 11.3 Å². The fourth-order valence-electron chi connectivity index (χ4n) is 2.13. The van der Waals surface area contributed by atoms with E-state index in [0.29, 0.717) is 17.6 Å². The molecule has 116 valence electrons. The molecule has 2 aromatic rings. The topological polar surface area (TPSA) is 85.8 Å². The third-order valence-corrected chi connectivity index (χ3v) is 4.65. The lowest BCUT2D eigenvalue weighted by molar-refractivity contribution is -0.120. The van der Waals surface area contributed by atoms with Crippen LogP contribution in [0.25, 0.3) is 0 Å². The summed E-state index contributed by atoms with van der Waals surface area (Å²) in [5.74, 6) is 7.22. The first-order valence-electron chi connectivity index (χ1n) is 7.34. The van der Waals surface area contributed by atoms with E-state index in [1.54, 1.807) is 0 Å². The fraction of sp³-hybridized carbons (Fsp3) is 0.400. The van der Waals surface area contributed by atoms with Crippen molar-refractivity contribution < 1.29 is 4.79 Å². The molecule has 1 aliphatic rings. The van der Waals surface area contributed by atoms with Crippen LogP contribution >= 0.6 is 11.8 Å². The van der Waals surface area contributed by atoms with Gasteiger partial charge in [-0.25, -0.2) is 4.68 Å². The van der Waals surface area contributed by atoms with Crippen molar-refractivity contribution in [2.75, 3.05) is 5.84 Å². The fourth-order valence-corrected chi connectivity index (χ4v) is 2.93. The Kier molecular flexibility index (Phi) is 4.33. The maximum Gasteiger partial charge on any atom is 0.233 e. The minimum atomic E-state index is -0.276. The number of benzene rings is 1. The Bertz CT molecular complexity index is 653. The molecule has 7 heteroatoms. The van der Waals surface area contributed by atoms with Crippen LogP contribution in [0.15, 0.2) is 35.5 Å². The predicted octanol–water partition coefficient (Wildman–Crippen LogP) is 1.67. The summed E-state index contributed by atoms with van der Waals surface area (Å²) in [7, 11) is 0. The van der Waals surface area contributed by atoms with E-state index in [0.717, 1.165) is 24.2 Å². The van der Waals surface area contributed by atoms with Crippen LogP contribution in [0.1, 0.15) is 37.1 Å². The lowest BCUT2D eigenvalue weighted by atomic mass is 10.2. The van der Waals surface area contributed by atoms with Gasteiger partial charge in [0.05, 0.1) is 5.25 Å². The lowest BCUT2D eigenvalue weighted by Gasteiger charge is -2.11. The molecule has 1 aromatic heterocycles. The average Bonchev–Trinajstić information content (AvgIpc) is 3.31. The Morgan fingerprint density at radius 1 is 1.41 bits per heavy atom. The Balaban J connectivity index is 1.54. The number of nitrogens with zero attached hydrogens (tertiary/aromatic N) is 3. The van der Waals surface area contributed by atoms with Gasteiger partial charge in [0.15, 0.2) is 5.82 Å². The highest BCUT2D eigenvalue weighted by Crippen LogP contribution is 2.39. The number of nitrogens with one attached hydrogen (secondary N) is 1. The number of aromatic nitrogens is 3. The van der Waals surface area contributed by atoms with Crippen LogP contribution in [0.2, 0.25) is 0 Å². The Hall–Kier alpha value is -2.02. The molecule has 1 aliphatic carbocycles. The second kappa shape index (κ2) is 6.39. The molecule has 1 amide bonds. The van der Waals surface area contributed by atoms with Crippen molar-refractivity contribution in [3.05, 3.63) is 41.7 Å². The summed E-state index contributed by atoms with van der Waals surface area (Å²) in [5, 5.41) is 11.4. The third-order valence-electron chi connectivity index (χ3n) is 3.59. The molecule has 0 spiro atoms. The minimum Gasteiger partial charge on any atom is -0.351 e. The van der Waals surface area contributed by atoms with Crippen LogP contribution in [-0.4, -0.2) is 26.0 Å². The Labute approximate surface area is 133 Å². The van der Waals surface area contributed by atoms with Crippen LogP contribution in [0, 0.1) is 0 Å². The van der Waals surface area contributed by atoms with E-state index in [-0.39, 0.29) is 11.2 Å². The van der Waals surface area contributed by atoms with Crippen molar-refractivity contribution in [2.24, 2.45) is 0 Å². The summed E-state index contributed by atoms with van der Waals surface area (Å²) in [6.45, 7) is 2.36. The molecule has 3 N–H and O–H groups in total. The maximum absolute atomic E-state index is 12.2. The highest BCUT2D eigenvalue weighted by molar-refractivity contribution is 8.00. The molecular weight excluding hydrogens is 298 g/mol. The number of hydrogen-bond donors (Lipinski definition) is 2. The zero-order valence-electron chi connectivity index (χ0n) is 12.4. The van der Waals surface area contributed by atoms with Gasteiger partial charge >= 0.3 is 0 Å². The molecule has 0 bridgehead atoms. The lowest BCUT2D eigenvalue weighted by Crippen LogP contribution is -2.30. The molecule has 1 heterocycles. The summed E-state index contributed by atoms with van der Waals surface area (Å²) in [5.41, 5.74) is 1.08. The first-order valence-corrected chi connectivity index (χ1v) is 8.22. The monoisotopic (exact) mass is 317 g/mol. The van der Waals surface area contributed by atoms with E-state index in [9.17, 15) is 4.79 Å². The van der Waals surface area contributed by atoms with Gasteiger partial charge in [0.2, 0.25) is 11.1 Å². The standard InChI is InChI=1S/C15H19N5OS/c1-10(14(21)17-9-11-5-3-2-4-6-11)22-15-19-18-13(20(15)16)12-7-8-12/h2-6,10,12H,7-9,16H2,1H3,(H,17,21)/t10-/m1/s1. The molecule has 0 saturated heterocycles. The molecule has 0 aliphatic heterocycles. The number of hydrogen-bond acceptors (Lipinski definition) is 5. The van der Waals surface area contributed by atoms with Crippen LogP contribution in [0.5, 0.6) is 0 Å². The van der Waals surface area contributed by atoms with E-state index in [4.69, 9.17) is 5.84 Å². The van der Waals surface area contributed by atoms with Crippen molar-refractivity contribution >= 4 is 17.7 Å². The van der Waals surface area contributed by atoms with Gasteiger partial charge in [-0.2, -0.15) is 0 Å². The van der Waals surface area contributed by atoms with Gasteiger partial charge in [-0.15, -0.1) is 10.2 Å². The highest BCUT2D eigenvalue weighted by atomic mass is 32.2. The maximum atomic E-state index is 12.2. The molecule has 1 saturated carbocycles. The molecule has 1 fully saturated rings. The molecule has 0 unspecified atom stereocenters. The van der Waals surface area contributed by atoms with Crippen LogP contribution in [0.3, 0.4) is 0 Å². The number of rotatable bonds is 6. The minimum absolute atomic E-state index is 0.0372. The van der Waals surface area contributed by atoms with E-state index in [1.807, 2.05) is 37.3 Å². The second-order valence-electron chi connectivity index (χ2n) is 5.45. The largest absolute Gasteiger partial charge is 0.351 e. The van der Waals surface area contributed by atoms with Crippen molar-refractivity contribution in [3.8, 4) is 0 Å². The van der Waals surface area contributed by atoms with Gasteiger partial charge in [0.1, 0.15) is 0 Å². The van der Waals surface area contributed by atoms with Gasteiger partial charge in [0, 0.05) is 12.5 Å². The van der Waals surface area contributed by atoms with Gasteiger partial charge in [-0.1, -0.05) is 42.1 Å².